The molecule has 1 amide bonds. The van der Waals surface area contributed by atoms with Crippen LogP contribution in [-0.2, 0) is 0 Å². The summed E-state index contributed by atoms with van der Waals surface area (Å²) >= 11 is 1.30. The first-order valence-electron chi connectivity index (χ1n) is 4.39. The molecule has 0 atom stereocenters. The number of carbonyl (C=O) groups excluding carboxylic acids is 1. The molecule has 0 spiro atoms. The highest BCUT2D eigenvalue weighted by Crippen LogP contribution is 2.06. The molecule has 0 saturated heterocycles. The number of thiazole rings is 1. The van der Waals surface area contributed by atoms with Crippen LogP contribution in [-0.4, -0.2) is 28.1 Å². The van der Waals surface area contributed by atoms with E-state index in [-0.39, 0.29) is 5.91 Å². The summed E-state index contributed by atoms with van der Waals surface area (Å²) in [6.45, 7) is 3.88. The quantitative estimate of drug-likeness (QED) is 0.787. The molecule has 1 aromatic heterocycles. The Kier molecular flexibility index (Phi) is 3.60. The molecular weight excluding hydrogens is 200 g/mol. The molecule has 0 fully saturated rings. The van der Waals surface area contributed by atoms with Gasteiger partial charge in [-0.1, -0.05) is 0 Å². The van der Waals surface area contributed by atoms with Crippen molar-refractivity contribution in [3.8, 4) is 0 Å². The molecule has 5 heteroatoms. The van der Waals surface area contributed by atoms with Crippen LogP contribution in [0, 0.1) is 0 Å². The maximum absolute atomic E-state index is 11.3. The number of carbonyl (C=O) groups is 1. The summed E-state index contributed by atoms with van der Waals surface area (Å²) in [5.41, 5.74) is -0.740. The zero-order chi connectivity index (χ0) is 10.6. The van der Waals surface area contributed by atoms with Gasteiger partial charge in [-0.3, -0.25) is 4.79 Å². The third kappa shape index (κ3) is 3.85. The van der Waals surface area contributed by atoms with E-state index >= 15 is 0 Å². The highest BCUT2D eigenvalue weighted by atomic mass is 32.1. The number of rotatable bonds is 4. The third-order valence-electron chi connectivity index (χ3n) is 1.65. The normalized spacial score (nSPS) is 11.4. The van der Waals surface area contributed by atoms with Gasteiger partial charge in [0.05, 0.1) is 5.60 Å². The van der Waals surface area contributed by atoms with Gasteiger partial charge in [-0.15, -0.1) is 11.3 Å². The van der Waals surface area contributed by atoms with Crippen LogP contribution in [0.4, 0.5) is 0 Å². The van der Waals surface area contributed by atoms with Crippen LogP contribution in [0.15, 0.2) is 11.6 Å². The van der Waals surface area contributed by atoms with Gasteiger partial charge >= 0.3 is 0 Å². The molecule has 1 aromatic rings. The Morgan fingerprint density at radius 1 is 1.71 bits per heavy atom. The second-order valence-electron chi connectivity index (χ2n) is 3.66. The zero-order valence-corrected chi connectivity index (χ0v) is 9.10. The minimum absolute atomic E-state index is 0.177. The van der Waals surface area contributed by atoms with Crippen LogP contribution in [0.5, 0.6) is 0 Å². The Balaban J connectivity index is 2.30. The van der Waals surface area contributed by atoms with Crippen molar-refractivity contribution in [3.63, 3.8) is 0 Å². The van der Waals surface area contributed by atoms with Crippen LogP contribution >= 0.6 is 11.3 Å². The topological polar surface area (TPSA) is 62.2 Å². The molecule has 4 nitrogen and oxygen atoms in total. The van der Waals surface area contributed by atoms with Crippen LogP contribution < -0.4 is 5.32 Å². The van der Waals surface area contributed by atoms with Crippen LogP contribution in [0.1, 0.15) is 30.1 Å². The third-order valence-corrected chi connectivity index (χ3v) is 2.42. The summed E-state index contributed by atoms with van der Waals surface area (Å²) in [4.78, 5) is 15.2. The smallest absolute Gasteiger partial charge is 0.280 e. The second-order valence-corrected chi connectivity index (χ2v) is 4.55. The van der Waals surface area contributed by atoms with Crippen molar-refractivity contribution >= 4 is 17.2 Å². The van der Waals surface area contributed by atoms with E-state index in [0.717, 1.165) is 0 Å². The first kappa shape index (κ1) is 11.1. The van der Waals surface area contributed by atoms with Gasteiger partial charge < -0.3 is 10.4 Å². The summed E-state index contributed by atoms with van der Waals surface area (Å²) in [5, 5.41) is 14.3. The Hall–Kier alpha value is -0.940. The van der Waals surface area contributed by atoms with E-state index < -0.39 is 5.60 Å². The molecule has 0 bridgehead atoms. The summed E-state index contributed by atoms with van der Waals surface area (Å²) in [7, 11) is 0. The lowest BCUT2D eigenvalue weighted by atomic mass is 10.1. The average molecular weight is 214 g/mol. The van der Waals surface area contributed by atoms with Gasteiger partial charge in [-0.05, 0) is 20.3 Å². The number of nitrogens with zero attached hydrogens (tertiary/aromatic N) is 1. The van der Waals surface area contributed by atoms with Crippen molar-refractivity contribution in [2.24, 2.45) is 0 Å². The molecule has 0 saturated carbocycles. The van der Waals surface area contributed by atoms with E-state index in [1.54, 1.807) is 25.4 Å². The fraction of sp³-hybridized carbons (Fsp3) is 0.556. The average Bonchev–Trinajstić information content (AvgIpc) is 2.53. The van der Waals surface area contributed by atoms with Crippen LogP contribution in [0.3, 0.4) is 0 Å². The van der Waals surface area contributed by atoms with E-state index in [0.29, 0.717) is 18.0 Å². The Bertz CT molecular complexity index is 290. The molecule has 0 aliphatic carbocycles. The van der Waals surface area contributed by atoms with E-state index in [1.165, 1.54) is 11.3 Å². The standard InChI is InChI=1S/C9H14N2O2S/c1-9(2,13)3-4-10-7(12)8-11-5-6-14-8/h5-6,13H,3-4H2,1-2H3,(H,10,12). The molecule has 0 radical (unpaired) electrons. The molecule has 78 valence electrons. The van der Waals surface area contributed by atoms with Gasteiger partial charge in [0.25, 0.3) is 5.91 Å². The number of amides is 1. The van der Waals surface area contributed by atoms with Crippen molar-refractivity contribution in [3.05, 3.63) is 16.6 Å². The van der Waals surface area contributed by atoms with Crippen molar-refractivity contribution in [1.82, 2.24) is 10.3 Å². The van der Waals surface area contributed by atoms with Gasteiger partial charge in [0.15, 0.2) is 5.01 Å². The van der Waals surface area contributed by atoms with Gasteiger partial charge in [0.1, 0.15) is 0 Å². The van der Waals surface area contributed by atoms with E-state index in [4.69, 9.17) is 0 Å². The first-order chi connectivity index (χ1) is 6.49. The lowest BCUT2D eigenvalue weighted by molar-refractivity contribution is 0.0693. The van der Waals surface area contributed by atoms with Gasteiger partial charge in [-0.2, -0.15) is 0 Å². The van der Waals surface area contributed by atoms with E-state index in [1.807, 2.05) is 0 Å². The number of aliphatic hydroxyl groups is 1. The fourth-order valence-corrected chi connectivity index (χ4v) is 1.44. The highest BCUT2D eigenvalue weighted by molar-refractivity contribution is 7.11. The first-order valence-corrected chi connectivity index (χ1v) is 5.27. The minimum Gasteiger partial charge on any atom is -0.390 e. The summed E-state index contributed by atoms with van der Waals surface area (Å²) < 4.78 is 0. The summed E-state index contributed by atoms with van der Waals surface area (Å²) in [5.74, 6) is -0.177. The maximum Gasteiger partial charge on any atom is 0.280 e. The second kappa shape index (κ2) is 4.52. The van der Waals surface area contributed by atoms with Crippen molar-refractivity contribution in [2.75, 3.05) is 6.54 Å². The van der Waals surface area contributed by atoms with Gasteiger partial charge in [-0.25, -0.2) is 4.98 Å². The molecule has 0 aromatic carbocycles. The molecule has 14 heavy (non-hydrogen) atoms. The lowest BCUT2D eigenvalue weighted by Crippen LogP contribution is -2.30. The van der Waals surface area contributed by atoms with Gasteiger partial charge in [0.2, 0.25) is 0 Å². The lowest BCUT2D eigenvalue weighted by Gasteiger charge is -2.16. The molecule has 0 aliphatic rings. The summed E-state index contributed by atoms with van der Waals surface area (Å²) in [6, 6.07) is 0. The molecule has 1 rings (SSSR count). The minimum atomic E-state index is -0.740. The largest absolute Gasteiger partial charge is 0.390 e. The number of aromatic nitrogens is 1. The fourth-order valence-electron chi connectivity index (χ4n) is 0.893. The van der Waals surface area contributed by atoms with Crippen LogP contribution in [0.2, 0.25) is 0 Å². The monoisotopic (exact) mass is 214 g/mol. The summed E-state index contributed by atoms with van der Waals surface area (Å²) in [6.07, 6.45) is 2.12. The molecule has 2 N–H and O–H groups in total. The molecule has 1 heterocycles. The number of nitrogens with one attached hydrogen (secondary N) is 1. The zero-order valence-electron chi connectivity index (χ0n) is 8.28. The molecule has 0 unspecified atom stereocenters. The van der Waals surface area contributed by atoms with Gasteiger partial charge in [0, 0.05) is 18.1 Å². The van der Waals surface area contributed by atoms with Crippen molar-refractivity contribution < 1.29 is 9.90 Å². The number of hydrogen-bond donors (Lipinski definition) is 2. The van der Waals surface area contributed by atoms with Crippen LogP contribution in [0.25, 0.3) is 0 Å². The SMILES string of the molecule is CC(C)(O)CCNC(=O)c1nccs1. The maximum atomic E-state index is 11.3. The Labute approximate surface area is 87.0 Å². The van der Waals surface area contributed by atoms with Crippen molar-refractivity contribution in [1.29, 1.82) is 0 Å². The predicted octanol–water partition coefficient (Wildman–Crippen LogP) is 1.03. The Morgan fingerprint density at radius 2 is 2.43 bits per heavy atom. The molecular formula is C9H14N2O2S. The van der Waals surface area contributed by atoms with E-state index in [2.05, 4.69) is 10.3 Å². The predicted molar refractivity (Wildman–Crippen MR) is 55.4 cm³/mol. The van der Waals surface area contributed by atoms with E-state index in [9.17, 15) is 9.90 Å². The number of hydrogen-bond acceptors (Lipinski definition) is 4. The molecule has 0 aliphatic heterocycles. The Morgan fingerprint density at radius 3 is 2.93 bits per heavy atom. The van der Waals surface area contributed by atoms with Crippen molar-refractivity contribution in [2.45, 2.75) is 25.9 Å². The highest BCUT2D eigenvalue weighted by Gasteiger charge is 2.13.